The molecule has 2 aliphatic rings. The number of rotatable bonds is 1. The standard InChI is InChI=1S/C17H14ClNO4S/c18-12-5-3-4-11(8-12)15-9-13(20)10-16-14-6-1-2-7-17(14)23-24(21,22)19(15)16/h1-8,15-16H,9-10H2/t15-,16-/m1/s1. The van der Waals surface area contributed by atoms with Crippen LogP contribution in [0.5, 0.6) is 5.75 Å². The van der Waals surface area contributed by atoms with Gasteiger partial charge in [-0.15, -0.1) is 0 Å². The Hall–Kier alpha value is -1.89. The van der Waals surface area contributed by atoms with Gasteiger partial charge >= 0.3 is 10.3 Å². The molecule has 0 spiro atoms. The molecule has 0 bridgehead atoms. The lowest BCUT2D eigenvalue weighted by Crippen LogP contribution is -2.47. The van der Waals surface area contributed by atoms with Crippen LogP contribution in [0.4, 0.5) is 0 Å². The van der Waals surface area contributed by atoms with Gasteiger partial charge in [0.2, 0.25) is 0 Å². The fourth-order valence-corrected chi connectivity index (χ4v) is 5.11. The Labute approximate surface area is 145 Å². The number of ketones is 1. The molecule has 1 fully saturated rings. The molecule has 7 heteroatoms. The molecule has 24 heavy (non-hydrogen) atoms. The van der Waals surface area contributed by atoms with Crippen molar-refractivity contribution in [1.82, 2.24) is 4.31 Å². The second-order valence-corrected chi connectivity index (χ2v) is 7.82. The molecule has 2 aliphatic heterocycles. The van der Waals surface area contributed by atoms with Crippen molar-refractivity contribution in [2.45, 2.75) is 24.9 Å². The van der Waals surface area contributed by atoms with Crippen LogP contribution < -0.4 is 4.18 Å². The Morgan fingerprint density at radius 2 is 1.79 bits per heavy atom. The van der Waals surface area contributed by atoms with Crippen LogP contribution in [0.3, 0.4) is 0 Å². The molecular formula is C17H14ClNO4S. The number of carbonyl (C=O) groups excluding carboxylic acids is 1. The molecule has 2 aromatic rings. The third-order valence-electron chi connectivity index (χ3n) is 4.42. The van der Waals surface area contributed by atoms with Crippen molar-refractivity contribution in [3.05, 3.63) is 64.7 Å². The molecule has 0 radical (unpaired) electrons. The topological polar surface area (TPSA) is 63.7 Å². The fourth-order valence-electron chi connectivity index (χ4n) is 3.44. The van der Waals surface area contributed by atoms with Gasteiger partial charge in [0.05, 0.1) is 12.1 Å². The maximum Gasteiger partial charge on any atom is 0.386 e. The first-order valence-corrected chi connectivity index (χ1v) is 9.29. The Kier molecular flexibility index (Phi) is 3.63. The summed E-state index contributed by atoms with van der Waals surface area (Å²) in [4.78, 5) is 12.3. The number of benzene rings is 2. The lowest BCUT2D eigenvalue weighted by Gasteiger charge is -2.43. The molecule has 2 aromatic carbocycles. The van der Waals surface area contributed by atoms with Crippen molar-refractivity contribution in [2.24, 2.45) is 0 Å². The number of hydrogen-bond acceptors (Lipinski definition) is 4. The van der Waals surface area contributed by atoms with E-state index < -0.39 is 22.4 Å². The number of hydrogen-bond donors (Lipinski definition) is 0. The third-order valence-corrected chi connectivity index (χ3v) is 6.07. The van der Waals surface area contributed by atoms with E-state index in [1.807, 2.05) is 6.07 Å². The highest BCUT2D eigenvalue weighted by atomic mass is 35.5. The highest BCUT2D eigenvalue weighted by Crippen LogP contribution is 2.48. The number of para-hydroxylation sites is 1. The molecular weight excluding hydrogens is 350 g/mol. The van der Waals surface area contributed by atoms with Gasteiger partial charge < -0.3 is 4.18 Å². The van der Waals surface area contributed by atoms with E-state index in [1.165, 1.54) is 4.31 Å². The molecule has 0 aromatic heterocycles. The first kappa shape index (κ1) is 15.6. The number of piperidine rings is 1. The molecule has 4 rings (SSSR count). The van der Waals surface area contributed by atoms with E-state index in [2.05, 4.69) is 0 Å². The van der Waals surface area contributed by atoms with Crippen molar-refractivity contribution >= 4 is 27.7 Å². The quantitative estimate of drug-likeness (QED) is 0.778. The maximum absolute atomic E-state index is 12.7. The second-order valence-electron chi connectivity index (χ2n) is 5.94. The molecule has 0 saturated carbocycles. The van der Waals surface area contributed by atoms with E-state index in [0.717, 1.165) is 0 Å². The van der Waals surface area contributed by atoms with Gasteiger partial charge in [0.15, 0.2) is 0 Å². The number of Topliss-reactive ketones (excluding diaryl/α,β-unsaturated/α-hetero) is 1. The SMILES string of the molecule is O=C1C[C@H](c2cccc(Cl)c2)N2[C@H](C1)c1ccccc1OS2(=O)=O. The van der Waals surface area contributed by atoms with Crippen LogP contribution >= 0.6 is 11.6 Å². The number of carbonyl (C=O) groups is 1. The van der Waals surface area contributed by atoms with Gasteiger partial charge in [-0.2, -0.15) is 12.7 Å². The summed E-state index contributed by atoms with van der Waals surface area (Å²) in [5, 5.41) is 0.498. The monoisotopic (exact) mass is 363 g/mol. The predicted molar refractivity (Wildman–Crippen MR) is 89.0 cm³/mol. The Morgan fingerprint density at radius 3 is 2.58 bits per heavy atom. The van der Waals surface area contributed by atoms with Gasteiger partial charge in [-0.25, -0.2) is 0 Å². The van der Waals surface area contributed by atoms with Crippen molar-refractivity contribution < 1.29 is 17.4 Å². The van der Waals surface area contributed by atoms with Gasteiger partial charge in [-0.3, -0.25) is 4.79 Å². The number of nitrogens with zero attached hydrogens (tertiary/aromatic N) is 1. The van der Waals surface area contributed by atoms with E-state index in [-0.39, 0.29) is 18.6 Å². The largest absolute Gasteiger partial charge is 0.386 e. The van der Waals surface area contributed by atoms with Crippen LogP contribution in [0.1, 0.15) is 36.1 Å². The van der Waals surface area contributed by atoms with E-state index in [4.69, 9.17) is 15.8 Å². The van der Waals surface area contributed by atoms with Gasteiger partial charge in [-0.1, -0.05) is 41.9 Å². The third kappa shape index (κ3) is 2.51. The zero-order chi connectivity index (χ0) is 16.9. The van der Waals surface area contributed by atoms with Gasteiger partial charge in [0, 0.05) is 23.4 Å². The first-order valence-electron chi connectivity index (χ1n) is 7.55. The first-order chi connectivity index (χ1) is 11.5. The Bertz CT molecular complexity index is 928. The molecule has 0 unspecified atom stereocenters. The summed E-state index contributed by atoms with van der Waals surface area (Å²) in [6.07, 6.45) is 0.262. The molecule has 0 aliphatic carbocycles. The minimum Gasteiger partial charge on any atom is -0.370 e. The lowest BCUT2D eigenvalue weighted by atomic mass is 9.89. The average molecular weight is 364 g/mol. The van der Waals surface area contributed by atoms with E-state index >= 15 is 0 Å². The molecule has 0 amide bonds. The minimum absolute atomic E-state index is 0.0214. The second kappa shape index (κ2) is 5.58. The van der Waals surface area contributed by atoms with Crippen LogP contribution in [0.2, 0.25) is 5.02 Å². The normalized spacial score (nSPS) is 25.5. The predicted octanol–water partition coefficient (Wildman–Crippen LogP) is 3.42. The van der Waals surface area contributed by atoms with Crippen LogP contribution in [-0.2, 0) is 15.1 Å². The molecule has 2 heterocycles. The summed E-state index contributed by atoms with van der Waals surface area (Å²) in [5.41, 5.74) is 1.40. The summed E-state index contributed by atoms with van der Waals surface area (Å²) in [5.74, 6) is 0.312. The summed E-state index contributed by atoms with van der Waals surface area (Å²) < 4.78 is 32.0. The summed E-state index contributed by atoms with van der Waals surface area (Å²) >= 11 is 6.04. The molecule has 0 N–H and O–H groups in total. The summed E-state index contributed by atoms with van der Waals surface area (Å²) in [6, 6.07) is 12.7. The zero-order valence-electron chi connectivity index (χ0n) is 12.6. The zero-order valence-corrected chi connectivity index (χ0v) is 14.1. The fraction of sp³-hybridized carbons (Fsp3) is 0.235. The van der Waals surface area contributed by atoms with E-state index in [1.54, 1.807) is 42.5 Å². The smallest absolute Gasteiger partial charge is 0.370 e. The van der Waals surface area contributed by atoms with Crippen LogP contribution in [0.15, 0.2) is 48.5 Å². The molecule has 5 nitrogen and oxygen atoms in total. The number of fused-ring (bicyclic) bond motifs is 3. The minimum atomic E-state index is -3.99. The van der Waals surface area contributed by atoms with E-state index in [0.29, 0.717) is 21.9 Å². The van der Waals surface area contributed by atoms with Gasteiger partial charge in [-0.05, 0) is 23.8 Å². The van der Waals surface area contributed by atoms with Crippen molar-refractivity contribution in [2.75, 3.05) is 0 Å². The number of halogens is 1. The molecule has 124 valence electrons. The van der Waals surface area contributed by atoms with Crippen LogP contribution in [0, 0.1) is 0 Å². The molecule has 2 atom stereocenters. The van der Waals surface area contributed by atoms with Crippen molar-refractivity contribution in [3.8, 4) is 5.75 Å². The van der Waals surface area contributed by atoms with Gasteiger partial charge in [0.25, 0.3) is 0 Å². The Morgan fingerprint density at radius 1 is 1.04 bits per heavy atom. The van der Waals surface area contributed by atoms with Crippen LogP contribution in [0.25, 0.3) is 0 Å². The summed E-state index contributed by atoms with van der Waals surface area (Å²) in [6.45, 7) is 0. The maximum atomic E-state index is 12.7. The summed E-state index contributed by atoms with van der Waals surface area (Å²) in [7, 11) is -3.99. The highest BCUT2D eigenvalue weighted by Gasteiger charge is 2.48. The van der Waals surface area contributed by atoms with Crippen LogP contribution in [-0.4, -0.2) is 18.5 Å². The Balaban J connectivity index is 1.88. The lowest BCUT2D eigenvalue weighted by molar-refractivity contribution is -0.123. The van der Waals surface area contributed by atoms with Crippen molar-refractivity contribution in [3.63, 3.8) is 0 Å². The molecule has 1 saturated heterocycles. The highest BCUT2D eigenvalue weighted by molar-refractivity contribution is 7.84. The van der Waals surface area contributed by atoms with E-state index in [9.17, 15) is 13.2 Å². The van der Waals surface area contributed by atoms with Gasteiger partial charge in [0.1, 0.15) is 11.5 Å². The average Bonchev–Trinajstić information content (AvgIpc) is 2.53. The van der Waals surface area contributed by atoms with Crippen molar-refractivity contribution in [1.29, 1.82) is 0 Å².